The molecule has 2 aliphatic heterocycles. The van der Waals surface area contributed by atoms with Crippen molar-refractivity contribution >= 4 is 11.9 Å². The first-order valence-electron chi connectivity index (χ1n) is 5.50. The molecule has 2 heterocycles. The number of hydrogen-bond donors (Lipinski definition) is 2. The summed E-state index contributed by atoms with van der Waals surface area (Å²) in [6, 6.07) is 2.44. The van der Waals surface area contributed by atoms with Gasteiger partial charge in [-0.3, -0.25) is 0 Å². The molecule has 0 unspecified atom stereocenters. The summed E-state index contributed by atoms with van der Waals surface area (Å²) in [4.78, 5) is 23.2. The second-order valence-electron chi connectivity index (χ2n) is 3.84. The van der Waals surface area contributed by atoms with Crippen molar-refractivity contribution in [3.05, 3.63) is 23.3 Å². The van der Waals surface area contributed by atoms with Crippen LogP contribution in [0.1, 0.15) is 33.6 Å². The molecule has 0 amide bonds. The molecule has 0 radical (unpaired) electrons. The molecule has 2 bridgehead atoms. The lowest BCUT2D eigenvalue weighted by Crippen LogP contribution is -2.12. The number of phenols is 2. The average Bonchev–Trinajstić information content (AvgIpc) is 2.34. The molecule has 1 aromatic rings. The van der Waals surface area contributed by atoms with Gasteiger partial charge in [0, 0.05) is 0 Å². The predicted molar refractivity (Wildman–Crippen MR) is 59.6 cm³/mol. The molecule has 2 N–H and O–H groups in total. The molecule has 0 fully saturated rings. The van der Waals surface area contributed by atoms with Crippen LogP contribution in [0.2, 0.25) is 0 Å². The zero-order valence-electron chi connectivity index (χ0n) is 9.51. The van der Waals surface area contributed by atoms with E-state index < -0.39 is 23.4 Å². The van der Waals surface area contributed by atoms with E-state index in [0.717, 1.165) is 0 Å². The first-order chi connectivity index (χ1) is 8.61. The van der Waals surface area contributed by atoms with E-state index in [4.69, 9.17) is 9.47 Å². The summed E-state index contributed by atoms with van der Waals surface area (Å²) in [6.07, 6.45) is 1.11. The van der Waals surface area contributed by atoms with Gasteiger partial charge in [0.05, 0.1) is 13.2 Å². The van der Waals surface area contributed by atoms with Gasteiger partial charge in [-0.05, 0) is 25.0 Å². The Labute approximate surface area is 103 Å². The van der Waals surface area contributed by atoms with Gasteiger partial charge in [0.15, 0.2) is 11.5 Å². The molecular formula is C12H12O6. The van der Waals surface area contributed by atoms with E-state index in [-0.39, 0.29) is 24.3 Å². The minimum absolute atomic E-state index is 0.165. The largest absolute Gasteiger partial charge is 0.504 e. The minimum Gasteiger partial charge on any atom is -0.504 e. The molecule has 0 saturated carbocycles. The fourth-order valence-corrected chi connectivity index (χ4v) is 1.60. The normalized spacial score (nSPS) is 16.4. The van der Waals surface area contributed by atoms with Crippen LogP contribution < -0.4 is 0 Å². The Bertz CT molecular complexity index is 449. The van der Waals surface area contributed by atoms with E-state index in [2.05, 4.69) is 0 Å². The van der Waals surface area contributed by atoms with Crippen molar-refractivity contribution in [3.63, 3.8) is 0 Å². The van der Waals surface area contributed by atoms with Crippen molar-refractivity contribution in [1.82, 2.24) is 0 Å². The van der Waals surface area contributed by atoms with Gasteiger partial charge in [-0.25, -0.2) is 9.59 Å². The molecule has 6 heteroatoms. The second kappa shape index (κ2) is 4.95. The third-order valence-electron chi connectivity index (χ3n) is 2.60. The van der Waals surface area contributed by atoms with Crippen molar-refractivity contribution in [2.45, 2.75) is 12.8 Å². The smallest absolute Gasteiger partial charge is 0.342 e. The van der Waals surface area contributed by atoms with Crippen LogP contribution in [0.15, 0.2) is 12.1 Å². The van der Waals surface area contributed by atoms with Crippen molar-refractivity contribution in [2.24, 2.45) is 0 Å². The van der Waals surface area contributed by atoms with Crippen LogP contribution >= 0.6 is 0 Å². The zero-order valence-corrected chi connectivity index (χ0v) is 9.51. The van der Waals surface area contributed by atoms with Crippen molar-refractivity contribution in [3.8, 4) is 11.5 Å². The van der Waals surface area contributed by atoms with Crippen LogP contribution in [0.4, 0.5) is 0 Å². The van der Waals surface area contributed by atoms with Crippen molar-refractivity contribution in [2.75, 3.05) is 13.2 Å². The Morgan fingerprint density at radius 1 is 0.833 bits per heavy atom. The van der Waals surface area contributed by atoms with Crippen LogP contribution in [0.3, 0.4) is 0 Å². The maximum atomic E-state index is 11.6. The van der Waals surface area contributed by atoms with Crippen LogP contribution in [-0.4, -0.2) is 35.4 Å². The van der Waals surface area contributed by atoms with Gasteiger partial charge in [-0.2, -0.15) is 0 Å². The highest BCUT2D eigenvalue weighted by Crippen LogP contribution is 2.33. The number of rotatable bonds is 0. The molecule has 0 aromatic heterocycles. The van der Waals surface area contributed by atoms with Gasteiger partial charge in [-0.1, -0.05) is 0 Å². The van der Waals surface area contributed by atoms with Crippen LogP contribution in [0, 0.1) is 0 Å². The van der Waals surface area contributed by atoms with Gasteiger partial charge in [-0.15, -0.1) is 0 Å². The van der Waals surface area contributed by atoms with Gasteiger partial charge in [0.1, 0.15) is 11.1 Å². The third-order valence-corrected chi connectivity index (χ3v) is 2.60. The Kier molecular flexibility index (Phi) is 3.36. The molecule has 6 nitrogen and oxygen atoms in total. The maximum Gasteiger partial charge on any atom is 0.342 e. The van der Waals surface area contributed by atoms with Crippen LogP contribution in [0.25, 0.3) is 0 Å². The quantitative estimate of drug-likeness (QED) is 0.532. The van der Waals surface area contributed by atoms with E-state index in [9.17, 15) is 19.8 Å². The van der Waals surface area contributed by atoms with E-state index in [1.54, 1.807) is 0 Å². The molecule has 0 spiro atoms. The highest BCUT2D eigenvalue weighted by Gasteiger charge is 2.23. The Hall–Kier alpha value is -2.24. The number of carbonyl (C=O) groups excluding carboxylic acids is 2. The summed E-state index contributed by atoms with van der Waals surface area (Å²) in [5.74, 6) is -2.81. The standard InChI is InChI=1S/C12H12O6/c13-9-7-3-4-8(10(9)14)12(16)18-6-2-1-5-17-11(7)15/h3-4,13-14H,1-2,5-6H2. The molecule has 0 aliphatic carbocycles. The predicted octanol–water partition coefficient (Wildman–Crippen LogP) is 1.21. The molecule has 0 atom stereocenters. The lowest BCUT2D eigenvalue weighted by atomic mass is 10.1. The zero-order chi connectivity index (χ0) is 13.1. The average molecular weight is 252 g/mol. The van der Waals surface area contributed by atoms with Gasteiger partial charge in [0.25, 0.3) is 0 Å². The van der Waals surface area contributed by atoms with E-state index in [1.807, 2.05) is 0 Å². The number of esters is 2. The number of benzene rings is 1. The first-order valence-corrected chi connectivity index (χ1v) is 5.50. The van der Waals surface area contributed by atoms with E-state index in [0.29, 0.717) is 12.8 Å². The number of aromatic hydroxyl groups is 2. The summed E-state index contributed by atoms with van der Waals surface area (Å²) in [6.45, 7) is 0.330. The van der Waals surface area contributed by atoms with Gasteiger partial charge < -0.3 is 19.7 Å². The number of hydrogen-bond acceptors (Lipinski definition) is 6. The van der Waals surface area contributed by atoms with Crippen LogP contribution in [0.5, 0.6) is 11.5 Å². The summed E-state index contributed by atoms with van der Waals surface area (Å²) < 4.78 is 9.81. The number of carbonyl (C=O) groups is 2. The Morgan fingerprint density at radius 2 is 1.22 bits per heavy atom. The summed E-state index contributed by atoms with van der Waals surface area (Å²) >= 11 is 0. The number of phenolic OH excluding ortho intramolecular Hbond substituents is 2. The van der Waals surface area contributed by atoms with E-state index in [1.165, 1.54) is 12.1 Å². The fraction of sp³-hybridized carbons (Fsp3) is 0.333. The summed E-state index contributed by atoms with van der Waals surface area (Å²) in [5, 5.41) is 19.3. The molecule has 2 aliphatic rings. The highest BCUT2D eigenvalue weighted by atomic mass is 16.5. The molecule has 0 saturated heterocycles. The van der Waals surface area contributed by atoms with Crippen LogP contribution in [-0.2, 0) is 9.47 Å². The van der Waals surface area contributed by atoms with Gasteiger partial charge >= 0.3 is 11.9 Å². The summed E-state index contributed by atoms with van der Waals surface area (Å²) in [7, 11) is 0. The number of ether oxygens (including phenoxy) is 2. The molecule has 18 heavy (non-hydrogen) atoms. The molecule has 96 valence electrons. The minimum atomic E-state index is -0.733. The van der Waals surface area contributed by atoms with Crippen molar-refractivity contribution < 1.29 is 29.3 Å². The fourth-order valence-electron chi connectivity index (χ4n) is 1.60. The first kappa shape index (κ1) is 12.2. The molecular weight excluding hydrogens is 240 g/mol. The SMILES string of the molecule is O=C1OCCCCOC(=O)c2ccc1c(O)c2O. The third kappa shape index (κ3) is 2.22. The topological polar surface area (TPSA) is 93.1 Å². The highest BCUT2D eigenvalue weighted by molar-refractivity contribution is 5.99. The summed E-state index contributed by atoms with van der Waals surface area (Å²) in [5.41, 5.74) is -0.353. The van der Waals surface area contributed by atoms with E-state index >= 15 is 0 Å². The van der Waals surface area contributed by atoms with Gasteiger partial charge in [0.2, 0.25) is 0 Å². The monoisotopic (exact) mass is 252 g/mol. The number of fused-ring (bicyclic) bond motifs is 9. The Morgan fingerprint density at radius 3 is 1.61 bits per heavy atom. The maximum absolute atomic E-state index is 11.6. The molecule has 1 aromatic carbocycles. The lowest BCUT2D eigenvalue weighted by molar-refractivity contribution is 0.0420. The van der Waals surface area contributed by atoms with Crippen molar-refractivity contribution in [1.29, 1.82) is 0 Å². The second-order valence-corrected chi connectivity index (χ2v) is 3.84. The lowest BCUT2D eigenvalue weighted by Gasteiger charge is -2.12. The Balaban J connectivity index is 2.46. The molecule has 3 rings (SSSR count).